The number of rotatable bonds is 3. The Hall–Kier alpha value is -2.75. The topological polar surface area (TPSA) is 73.6 Å². The van der Waals surface area contributed by atoms with Crippen LogP contribution in [0.1, 0.15) is 29.0 Å². The molecule has 2 aromatic rings. The van der Waals surface area contributed by atoms with Gasteiger partial charge in [-0.25, -0.2) is 0 Å². The van der Waals surface area contributed by atoms with Gasteiger partial charge in [-0.1, -0.05) is 42.0 Å². The molecule has 2 atom stereocenters. The van der Waals surface area contributed by atoms with E-state index < -0.39 is 5.72 Å². The van der Waals surface area contributed by atoms with Crippen LogP contribution in [0.15, 0.2) is 59.1 Å². The lowest BCUT2D eigenvalue weighted by Crippen LogP contribution is -2.48. The summed E-state index contributed by atoms with van der Waals surface area (Å²) >= 11 is 1.36. The first-order valence-electron chi connectivity index (χ1n) is 9.01. The van der Waals surface area contributed by atoms with Crippen molar-refractivity contribution in [1.82, 2.24) is 4.90 Å². The Morgan fingerprint density at radius 1 is 1.21 bits per heavy atom. The van der Waals surface area contributed by atoms with E-state index in [0.717, 1.165) is 16.9 Å². The Morgan fingerprint density at radius 3 is 2.50 bits per heavy atom. The molecule has 0 saturated carbocycles. The molecule has 0 unspecified atom stereocenters. The summed E-state index contributed by atoms with van der Waals surface area (Å²) in [6, 6.07) is 17.2. The predicted molar refractivity (Wildman–Crippen MR) is 107 cm³/mol. The lowest BCUT2D eigenvalue weighted by molar-refractivity contribution is -0.149. The molecule has 1 N–H and O–H groups in total. The van der Waals surface area contributed by atoms with Gasteiger partial charge in [0.15, 0.2) is 5.72 Å². The zero-order valence-electron chi connectivity index (χ0n) is 15.7. The number of aliphatic hydroxyl groups is 1. The first kappa shape index (κ1) is 18.6. The van der Waals surface area contributed by atoms with Crippen LogP contribution in [0.4, 0.5) is 0 Å². The monoisotopic (exact) mass is 392 g/mol. The van der Waals surface area contributed by atoms with E-state index in [4.69, 9.17) is 4.74 Å². The molecule has 2 aliphatic heterocycles. The highest BCUT2D eigenvalue weighted by atomic mass is 32.2. The largest absolute Gasteiger partial charge is 0.497 e. The van der Waals surface area contributed by atoms with E-state index in [1.54, 1.807) is 7.11 Å². The van der Waals surface area contributed by atoms with Crippen LogP contribution in [-0.4, -0.2) is 28.8 Å². The third kappa shape index (κ3) is 2.88. The lowest BCUT2D eigenvalue weighted by Gasteiger charge is -2.38. The van der Waals surface area contributed by atoms with Gasteiger partial charge in [0.05, 0.1) is 29.5 Å². The summed E-state index contributed by atoms with van der Waals surface area (Å²) in [5, 5.41) is 21.8. The van der Waals surface area contributed by atoms with Gasteiger partial charge in [0.25, 0.3) is 0 Å². The minimum atomic E-state index is -1.43. The van der Waals surface area contributed by atoms with E-state index in [1.165, 1.54) is 16.7 Å². The Bertz CT molecular complexity index is 992. The van der Waals surface area contributed by atoms with Gasteiger partial charge in [-0.15, -0.1) is 11.8 Å². The van der Waals surface area contributed by atoms with Crippen LogP contribution in [0.3, 0.4) is 0 Å². The first-order valence-corrected chi connectivity index (χ1v) is 10.00. The number of nitriles is 1. The van der Waals surface area contributed by atoms with Crippen molar-refractivity contribution >= 4 is 17.7 Å². The Labute approximate surface area is 168 Å². The van der Waals surface area contributed by atoms with Crippen LogP contribution < -0.4 is 4.74 Å². The van der Waals surface area contributed by atoms with E-state index in [1.807, 2.05) is 55.5 Å². The van der Waals surface area contributed by atoms with Gasteiger partial charge in [-0.05, 0) is 24.6 Å². The van der Waals surface area contributed by atoms with Gasteiger partial charge in [-0.3, -0.25) is 9.69 Å². The molecule has 0 bridgehead atoms. The third-order valence-electron chi connectivity index (χ3n) is 5.34. The van der Waals surface area contributed by atoms with Crippen molar-refractivity contribution in [3.63, 3.8) is 0 Å². The average molecular weight is 392 g/mol. The van der Waals surface area contributed by atoms with Gasteiger partial charge < -0.3 is 9.84 Å². The molecule has 142 valence electrons. The number of carbonyl (C=O) groups is 1. The number of hydrogen-bond donors (Lipinski definition) is 1. The maximum absolute atomic E-state index is 13.1. The molecule has 0 spiro atoms. The fraction of sp³-hybridized carbons (Fsp3) is 0.273. The second kappa shape index (κ2) is 7.01. The summed E-state index contributed by atoms with van der Waals surface area (Å²) in [5.74, 6) is 0.533. The lowest BCUT2D eigenvalue weighted by atomic mass is 9.85. The van der Waals surface area contributed by atoms with Crippen molar-refractivity contribution in [2.24, 2.45) is 0 Å². The number of hydrogen-bond acceptors (Lipinski definition) is 5. The predicted octanol–water partition coefficient (Wildman–Crippen LogP) is 3.65. The highest BCUT2D eigenvalue weighted by Crippen LogP contribution is 2.51. The molecule has 1 fully saturated rings. The van der Waals surface area contributed by atoms with Gasteiger partial charge >= 0.3 is 0 Å². The fourth-order valence-corrected chi connectivity index (χ4v) is 5.14. The molecule has 6 heteroatoms. The van der Waals surface area contributed by atoms with Gasteiger partial charge in [0, 0.05) is 17.9 Å². The molecular weight excluding hydrogens is 372 g/mol. The third-order valence-corrected chi connectivity index (χ3v) is 6.57. The Kier molecular flexibility index (Phi) is 4.66. The molecule has 2 aromatic carbocycles. The minimum Gasteiger partial charge on any atom is -0.497 e. The van der Waals surface area contributed by atoms with E-state index >= 15 is 0 Å². The molecule has 0 radical (unpaired) electrons. The van der Waals surface area contributed by atoms with Crippen LogP contribution in [0.5, 0.6) is 5.75 Å². The SMILES string of the molecule is COc1ccc([C@@H]2CC(=O)N3C(=C2C#N)SC[C@]3(O)c2ccc(C)cc2)cc1. The summed E-state index contributed by atoms with van der Waals surface area (Å²) in [4.78, 5) is 14.5. The van der Waals surface area contributed by atoms with Crippen molar-refractivity contribution in [3.8, 4) is 11.8 Å². The number of ether oxygens (including phenoxy) is 1. The molecule has 4 rings (SSSR count). The van der Waals surface area contributed by atoms with E-state index in [0.29, 0.717) is 21.9 Å². The molecule has 5 nitrogen and oxygen atoms in total. The molecule has 2 heterocycles. The highest BCUT2D eigenvalue weighted by Gasteiger charge is 2.51. The second-order valence-electron chi connectivity index (χ2n) is 7.06. The van der Waals surface area contributed by atoms with E-state index in [-0.39, 0.29) is 18.2 Å². The molecule has 0 aliphatic carbocycles. The van der Waals surface area contributed by atoms with E-state index in [2.05, 4.69) is 6.07 Å². The van der Waals surface area contributed by atoms with Crippen LogP contribution in [-0.2, 0) is 10.5 Å². The second-order valence-corrected chi connectivity index (χ2v) is 8.03. The van der Waals surface area contributed by atoms with Crippen LogP contribution in [0.2, 0.25) is 0 Å². The highest BCUT2D eigenvalue weighted by molar-refractivity contribution is 8.03. The number of thioether (sulfide) groups is 1. The number of fused-ring (bicyclic) bond motifs is 1. The summed E-state index contributed by atoms with van der Waals surface area (Å²) in [6.45, 7) is 1.97. The summed E-state index contributed by atoms with van der Waals surface area (Å²) in [6.07, 6.45) is 0.146. The summed E-state index contributed by atoms with van der Waals surface area (Å²) in [7, 11) is 1.60. The maximum Gasteiger partial charge on any atom is 0.231 e. The van der Waals surface area contributed by atoms with Gasteiger partial charge in [0.2, 0.25) is 5.91 Å². The van der Waals surface area contributed by atoms with Crippen LogP contribution >= 0.6 is 11.8 Å². The van der Waals surface area contributed by atoms with Crippen molar-refractivity contribution in [1.29, 1.82) is 5.26 Å². The van der Waals surface area contributed by atoms with Crippen molar-refractivity contribution < 1.29 is 14.6 Å². The van der Waals surface area contributed by atoms with Gasteiger partial charge in [0.1, 0.15) is 5.75 Å². The fourth-order valence-electron chi connectivity index (χ4n) is 3.78. The maximum atomic E-state index is 13.1. The summed E-state index contributed by atoms with van der Waals surface area (Å²) in [5.41, 5.74) is 1.73. The average Bonchev–Trinajstić information content (AvgIpc) is 3.07. The number of methoxy groups -OCH3 is 1. The first-order chi connectivity index (χ1) is 13.5. The molecular formula is C22H20N2O3S. The Balaban J connectivity index is 1.77. The molecule has 0 aromatic heterocycles. The molecule has 1 amide bonds. The molecule has 2 aliphatic rings. The van der Waals surface area contributed by atoms with Gasteiger partial charge in [-0.2, -0.15) is 5.26 Å². The van der Waals surface area contributed by atoms with Crippen LogP contribution in [0, 0.1) is 18.3 Å². The van der Waals surface area contributed by atoms with Crippen molar-refractivity contribution in [2.45, 2.75) is 25.0 Å². The minimum absolute atomic E-state index is 0.146. The quantitative estimate of drug-likeness (QED) is 0.863. The number of allylic oxidation sites excluding steroid dienone is 1. The zero-order valence-corrected chi connectivity index (χ0v) is 16.5. The molecule has 1 saturated heterocycles. The van der Waals surface area contributed by atoms with E-state index in [9.17, 15) is 15.2 Å². The van der Waals surface area contributed by atoms with Crippen LogP contribution in [0.25, 0.3) is 0 Å². The number of amides is 1. The standard InChI is InChI=1S/C22H20N2O3S/c1-14-3-7-16(8-4-14)22(26)13-28-21-19(12-23)18(11-20(25)24(21)22)15-5-9-17(27-2)10-6-15/h3-10,18,26H,11,13H2,1-2H3/t18-,22-/m0/s1. The number of nitrogens with zero attached hydrogens (tertiary/aromatic N) is 2. The summed E-state index contributed by atoms with van der Waals surface area (Å²) < 4.78 is 5.20. The normalized spacial score (nSPS) is 24.1. The van der Waals surface area contributed by atoms with Crippen molar-refractivity contribution in [2.75, 3.05) is 12.9 Å². The Morgan fingerprint density at radius 2 is 1.89 bits per heavy atom. The number of aryl methyl sites for hydroxylation is 1. The zero-order chi connectivity index (χ0) is 19.9. The number of carbonyl (C=O) groups excluding carboxylic acids is 1. The smallest absolute Gasteiger partial charge is 0.231 e. The number of benzene rings is 2. The molecule has 28 heavy (non-hydrogen) atoms. The van der Waals surface area contributed by atoms with Crippen molar-refractivity contribution in [3.05, 3.63) is 75.8 Å².